The van der Waals surface area contributed by atoms with Crippen LogP contribution in [0.1, 0.15) is 39.8 Å². The van der Waals surface area contributed by atoms with Crippen molar-refractivity contribution in [3.63, 3.8) is 0 Å². The highest BCUT2D eigenvalue weighted by atomic mass is 127. The van der Waals surface area contributed by atoms with Gasteiger partial charge in [0.05, 0.1) is 16.9 Å². The predicted molar refractivity (Wildman–Crippen MR) is 125 cm³/mol. The maximum atomic E-state index is 12.4. The van der Waals surface area contributed by atoms with E-state index in [1.807, 2.05) is 13.0 Å². The van der Waals surface area contributed by atoms with Gasteiger partial charge in [0.25, 0.3) is 5.91 Å². The van der Waals surface area contributed by atoms with E-state index in [2.05, 4.69) is 81.9 Å². The SMILES string of the molecule is CCc1ccc(-n2c(C)cc(/C=N\NC(=O)c3ccc(I)c(OC)c3)c2C)cc1. The van der Waals surface area contributed by atoms with Gasteiger partial charge in [0.1, 0.15) is 5.75 Å². The lowest BCUT2D eigenvalue weighted by Gasteiger charge is -2.10. The monoisotopic (exact) mass is 501 g/mol. The molecule has 0 saturated heterocycles. The van der Waals surface area contributed by atoms with Crippen molar-refractivity contribution in [2.75, 3.05) is 7.11 Å². The number of hydrogen-bond acceptors (Lipinski definition) is 3. The molecule has 0 saturated carbocycles. The van der Waals surface area contributed by atoms with Crippen molar-refractivity contribution >= 4 is 34.7 Å². The minimum Gasteiger partial charge on any atom is -0.496 e. The van der Waals surface area contributed by atoms with Gasteiger partial charge < -0.3 is 9.30 Å². The van der Waals surface area contributed by atoms with Crippen LogP contribution in [-0.2, 0) is 6.42 Å². The summed E-state index contributed by atoms with van der Waals surface area (Å²) in [6.45, 7) is 6.26. The van der Waals surface area contributed by atoms with Gasteiger partial charge in [-0.15, -0.1) is 0 Å². The number of benzene rings is 2. The Morgan fingerprint density at radius 1 is 1.17 bits per heavy atom. The van der Waals surface area contributed by atoms with Crippen molar-refractivity contribution < 1.29 is 9.53 Å². The molecular weight excluding hydrogens is 477 g/mol. The molecule has 0 atom stereocenters. The first-order valence-corrected chi connectivity index (χ1v) is 10.5. The molecule has 150 valence electrons. The summed E-state index contributed by atoms with van der Waals surface area (Å²) in [4.78, 5) is 12.4. The van der Waals surface area contributed by atoms with Crippen LogP contribution in [0.3, 0.4) is 0 Å². The number of aromatic nitrogens is 1. The van der Waals surface area contributed by atoms with Crippen LogP contribution in [0.2, 0.25) is 0 Å². The van der Waals surface area contributed by atoms with E-state index in [0.29, 0.717) is 11.3 Å². The zero-order valence-corrected chi connectivity index (χ0v) is 19.1. The Morgan fingerprint density at radius 3 is 2.55 bits per heavy atom. The van der Waals surface area contributed by atoms with Crippen LogP contribution in [0.5, 0.6) is 5.75 Å². The molecule has 1 aromatic heterocycles. The van der Waals surface area contributed by atoms with E-state index in [1.165, 1.54) is 5.56 Å². The molecule has 0 fully saturated rings. The third-order valence-corrected chi connectivity index (χ3v) is 5.75. The van der Waals surface area contributed by atoms with Gasteiger partial charge in [-0.2, -0.15) is 5.10 Å². The molecule has 29 heavy (non-hydrogen) atoms. The van der Waals surface area contributed by atoms with Gasteiger partial charge >= 0.3 is 0 Å². The molecule has 0 spiro atoms. The first-order chi connectivity index (χ1) is 13.9. The van der Waals surface area contributed by atoms with Crippen LogP contribution in [0.25, 0.3) is 5.69 Å². The first-order valence-electron chi connectivity index (χ1n) is 9.39. The summed E-state index contributed by atoms with van der Waals surface area (Å²) in [6.07, 6.45) is 2.70. The quantitative estimate of drug-likeness (QED) is 0.293. The fourth-order valence-electron chi connectivity index (χ4n) is 3.22. The molecule has 6 heteroatoms. The molecule has 2 aromatic carbocycles. The largest absolute Gasteiger partial charge is 0.496 e. The van der Waals surface area contributed by atoms with E-state index in [0.717, 1.165) is 32.6 Å². The number of hydrazone groups is 1. The Morgan fingerprint density at radius 2 is 1.90 bits per heavy atom. The number of rotatable bonds is 6. The second-order valence-electron chi connectivity index (χ2n) is 6.73. The molecule has 1 heterocycles. The number of ether oxygens (including phenoxy) is 1. The zero-order chi connectivity index (χ0) is 21.0. The van der Waals surface area contributed by atoms with E-state index in [1.54, 1.807) is 25.5 Å². The van der Waals surface area contributed by atoms with Crippen LogP contribution in [-0.4, -0.2) is 23.8 Å². The summed E-state index contributed by atoms with van der Waals surface area (Å²) in [7, 11) is 1.59. The molecule has 1 N–H and O–H groups in total. The summed E-state index contributed by atoms with van der Waals surface area (Å²) < 4.78 is 8.40. The highest BCUT2D eigenvalue weighted by molar-refractivity contribution is 14.1. The Kier molecular flexibility index (Phi) is 6.74. The molecule has 0 aliphatic carbocycles. The third kappa shape index (κ3) is 4.70. The summed E-state index contributed by atoms with van der Waals surface area (Å²) in [5, 5.41) is 4.15. The number of hydrogen-bond donors (Lipinski definition) is 1. The number of amides is 1. The molecule has 0 aliphatic heterocycles. The van der Waals surface area contributed by atoms with Gasteiger partial charge in [0.2, 0.25) is 0 Å². The second-order valence-corrected chi connectivity index (χ2v) is 7.89. The van der Waals surface area contributed by atoms with Gasteiger partial charge in [0.15, 0.2) is 0 Å². The molecule has 3 rings (SSSR count). The van der Waals surface area contributed by atoms with E-state index in [-0.39, 0.29) is 5.91 Å². The second kappa shape index (κ2) is 9.26. The van der Waals surface area contributed by atoms with Crippen LogP contribution >= 0.6 is 22.6 Å². The number of carbonyl (C=O) groups is 1. The van der Waals surface area contributed by atoms with Crippen molar-refractivity contribution in [2.45, 2.75) is 27.2 Å². The fraction of sp³-hybridized carbons (Fsp3) is 0.217. The minimum absolute atomic E-state index is 0.278. The lowest BCUT2D eigenvalue weighted by molar-refractivity contribution is 0.0954. The van der Waals surface area contributed by atoms with Crippen molar-refractivity contribution in [1.82, 2.24) is 9.99 Å². The summed E-state index contributed by atoms with van der Waals surface area (Å²) in [6, 6.07) is 15.9. The maximum absolute atomic E-state index is 12.4. The average Bonchev–Trinajstić information content (AvgIpc) is 3.01. The highest BCUT2D eigenvalue weighted by Crippen LogP contribution is 2.22. The van der Waals surface area contributed by atoms with Crippen LogP contribution < -0.4 is 10.2 Å². The summed E-state index contributed by atoms with van der Waals surface area (Å²) in [5.74, 6) is 0.389. The smallest absolute Gasteiger partial charge is 0.271 e. The summed E-state index contributed by atoms with van der Waals surface area (Å²) >= 11 is 2.17. The minimum atomic E-state index is -0.278. The van der Waals surface area contributed by atoms with Crippen molar-refractivity contribution in [1.29, 1.82) is 0 Å². The average molecular weight is 501 g/mol. The zero-order valence-electron chi connectivity index (χ0n) is 17.0. The molecule has 0 radical (unpaired) electrons. The predicted octanol–water partition coefficient (Wildman–Crippen LogP) is 5.03. The molecule has 0 unspecified atom stereocenters. The lowest BCUT2D eigenvalue weighted by atomic mass is 10.1. The number of halogens is 1. The molecule has 0 aliphatic rings. The van der Waals surface area contributed by atoms with E-state index in [4.69, 9.17) is 4.74 Å². The number of nitrogens with one attached hydrogen (secondary N) is 1. The fourth-order valence-corrected chi connectivity index (χ4v) is 3.78. The van der Waals surface area contributed by atoms with E-state index in [9.17, 15) is 4.79 Å². The standard InChI is InChI=1S/C23H24IN3O2/c1-5-17-6-9-20(10-7-17)27-15(2)12-19(16(27)3)14-25-26-23(28)18-8-11-21(24)22(13-18)29-4/h6-14H,5H2,1-4H3,(H,26,28)/b25-14-. The molecule has 3 aromatic rings. The molecule has 5 nitrogen and oxygen atoms in total. The Balaban J connectivity index is 1.76. The van der Waals surface area contributed by atoms with Crippen LogP contribution in [0.15, 0.2) is 53.6 Å². The van der Waals surface area contributed by atoms with Crippen LogP contribution in [0.4, 0.5) is 0 Å². The van der Waals surface area contributed by atoms with E-state index >= 15 is 0 Å². The first kappa shape index (κ1) is 21.1. The van der Waals surface area contributed by atoms with Gasteiger partial charge in [-0.1, -0.05) is 19.1 Å². The summed E-state index contributed by atoms with van der Waals surface area (Å²) in [5.41, 5.74) is 8.67. The van der Waals surface area contributed by atoms with Crippen molar-refractivity contribution in [3.8, 4) is 11.4 Å². The van der Waals surface area contributed by atoms with Gasteiger partial charge in [0, 0.05) is 28.2 Å². The molecule has 0 bridgehead atoms. The number of carbonyl (C=O) groups excluding carboxylic acids is 1. The van der Waals surface area contributed by atoms with E-state index < -0.39 is 0 Å². The lowest BCUT2D eigenvalue weighted by Crippen LogP contribution is -2.17. The Labute approximate surface area is 184 Å². The topological polar surface area (TPSA) is 55.6 Å². The van der Waals surface area contributed by atoms with Crippen LogP contribution in [0, 0.1) is 17.4 Å². The van der Waals surface area contributed by atoms with Gasteiger partial charge in [-0.3, -0.25) is 4.79 Å². The van der Waals surface area contributed by atoms with Gasteiger partial charge in [-0.05, 0) is 84.8 Å². The Bertz CT molecular complexity index is 1050. The Hall–Kier alpha value is -2.61. The number of aryl methyl sites for hydroxylation is 2. The van der Waals surface area contributed by atoms with Gasteiger partial charge in [-0.25, -0.2) is 5.43 Å². The van der Waals surface area contributed by atoms with Crippen molar-refractivity contribution in [3.05, 3.63) is 80.2 Å². The van der Waals surface area contributed by atoms with Crippen molar-refractivity contribution in [2.24, 2.45) is 5.10 Å². The normalized spacial score (nSPS) is 11.1. The highest BCUT2D eigenvalue weighted by Gasteiger charge is 2.11. The molecule has 1 amide bonds. The third-order valence-electron chi connectivity index (χ3n) is 4.86. The number of methoxy groups -OCH3 is 1. The number of nitrogens with zero attached hydrogens (tertiary/aromatic N) is 2. The molecular formula is C23H24IN3O2. The maximum Gasteiger partial charge on any atom is 0.271 e.